The summed E-state index contributed by atoms with van der Waals surface area (Å²) in [7, 11) is 4.05. The Morgan fingerprint density at radius 2 is 1.86 bits per heavy atom. The molecule has 0 saturated heterocycles. The van der Waals surface area contributed by atoms with Crippen LogP contribution in [0.4, 0.5) is 15.8 Å². The average Bonchev–Trinajstić information content (AvgIpc) is 3.68. The first-order chi connectivity index (χ1) is 16.8. The quantitative estimate of drug-likeness (QED) is 0.279. The van der Waals surface area contributed by atoms with Crippen LogP contribution >= 0.6 is 11.6 Å². The van der Waals surface area contributed by atoms with Crippen molar-refractivity contribution in [3.63, 3.8) is 0 Å². The van der Waals surface area contributed by atoms with Crippen LogP contribution in [-0.4, -0.2) is 34.9 Å². The Kier molecular flexibility index (Phi) is 6.17. The molecule has 1 aliphatic carbocycles. The van der Waals surface area contributed by atoms with Gasteiger partial charge in [-0.15, -0.1) is 0 Å². The molecule has 0 radical (unpaired) electrons. The maximum absolute atomic E-state index is 14.2. The molecule has 0 atom stereocenters. The third-order valence-corrected chi connectivity index (χ3v) is 6.44. The number of anilines is 2. The lowest BCUT2D eigenvalue weighted by Gasteiger charge is -2.16. The van der Waals surface area contributed by atoms with Crippen LogP contribution in [0.5, 0.6) is 5.75 Å². The van der Waals surface area contributed by atoms with Gasteiger partial charge >= 0.3 is 0 Å². The molecule has 1 aromatic heterocycles. The SMILES string of the molecule is CN(C)Cc1ccc(Nc2c(C(=O)C3CC3)cnc3ccc(-c4cc(F)c(O)c(Cl)c4)cc23)cc1. The van der Waals surface area contributed by atoms with E-state index in [1.807, 2.05) is 44.4 Å². The molecule has 178 valence electrons. The van der Waals surface area contributed by atoms with Crippen molar-refractivity contribution in [1.29, 1.82) is 0 Å². The molecule has 1 heterocycles. The maximum Gasteiger partial charge on any atom is 0.170 e. The van der Waals surface area contributed by atoms with Crippen molar-refractivity contribution in [3.05, 3.63) is 82.8 Å². The molecule has 3 aromatic carbocycles. The van der Waals surface area contributed by atoms with Gasteiger partial charge < -0.3 is 15.3 Å². The third-order valence-electron chi connectivity index (χ3n) is 6.15. The van der Waals surface area contributed by atoms with Gasteiger partial charge in [-0.2, -0.15) is 0 Å². The van der Waals surface area contributed by atoms with Crippen LogP contribution in [0.3, 0.4) is 0 Å². The zero-order valence-corrected chi connectivity index (χ0v) is 20.2. The van der Waals surface area contributed by atoms with E-state index < -0.39 is 11.6 Å². The van der Waals surface area contributed by atoms with Gasteiger partial charge in [-0.3, -0.25) is 9.78 Å². The minimum Gasteiger partial charge on any atom is -0.504 e. The first-order valence-corrected chi connectivity index (χ1v) is 11.8. The number of pyridine rings is 1. The second-order valence-corrected chi connectivity index (χ2v) is 9.67. The largest absolute Gasteiger partial charge is 0.504 e. The summed E-state index contributed by atoms with van der Waals surface area (Å²) in [6, 6.07) is 16.4. The van der Waals surface area contributed by atoms with Crippen LogP contribution in [0, 0.1) is 11.7 Å². The van der Waals surface area contributed by atoms with Gasteiger partial charge in [-0.25, -0.2) is 4.39 Å². The zero-order chi connectivity index (χ0) is 24.7. The molecule has 0 unspecified atom stereocenters. The molecule has 1 saturated carbocycles. The number of benzene rings is 3. The van der Waals surface area contributed by atoms with E-state index in [1.165, 1.54) is 17.7 Å². The van der Waals surface area contributed by atoms with E-state index in [4.69, 9.17) is 11.6 Å². The number of aromatic hydroxyl groups is 1. The van der Waals surface area contributed by atoms with Crippen LogP contribution in [-0.2, 0) is 6.54 Å². The summed E-state index contributed by atoms with van der Waals surface area (Å²) in [5, 5.41) is 13.9. The Labute approximate surface area is 208 Å². The highest BCUT2D eigenvalue weighted by Gasteiger charge is 2.32. The molecule has 2 N–H and O–H groups in total. The van der Waals surface area contributed by atoms with Crippen molar-refractivity contribution >= 4 is 39.7 Å². The fraction of sp³-hybridized carbons (Fsp3) is 0.214. The van der Waals surface area contributed by atoms with Crippen LogP contribution in [0.25, 0.3) is 22.0 Å². The lowest BCUT2D eigenvalue weighted by molar-refractivity contribution is 0.0968. The lowest BCUT2D eigenvalue weighted by atomic mass is 9.98. The fourth-order valence-electron chi connectivity index (χ4n) is 4.19. The summed E-state index contributed by atoms with van der Waals surface area (Å²) in [5.74, 6) is -1.25. The summed E-state index contributed by atoms with van der Waals surface area (Å²) < 4.78 is 14.2. The minimum atomic E-state index is -0.792. The van der Waals surface area contributed by atoms with Gasteiger partial charge in [0.2, 0.25) is 0 Å². The summed E-state index contributed by atoms with van der Waals surface area (Å²) in [6.07, 6.45) is 3.42. The number of Topliss-reactive ketones (excluding diaryl/α,β-unsaturated/α-hetero) is 1. The summed E-state index contributed by atoms with van der Waals surface area (Å²) in [4.78, 5) is 19.8. The molecule has 5 nitrogen and oxygen atoms in total. The molecule has 0 amide bonds. The molecule has 7 heteroatoms. The topological polar surface area (TPSA) is 65.5 Å². The number of halogens is 2. The van der Waals surface area contributed by atoms with Gasteiger partial charge in [0.25, 0.3) is 0 Å². The van der Waals surface area contributed by atoms with Crippen LogP contribution in [0.1, 0.15) is 28.8 Å². The Bertz CT molecular complexity index is 1410. The first-order valence-electron chi connectivity index (χ1n) is 11.5. The number of phenolic OH excluding ortho intramolecular Hbond substituents is 1. The van der Waals surface area contributed by atoms with Gasteiger partial charge in [0, 0.05) is 29.7 Å². The second kappa shape index (κ2) is 9.29. The highest BCUT2D eigenvalue weighted by Crippen LogP contribution is 2.39. The molecule has 35 heavy (non-hydrogen) atoms. The number of carbonyl (C=O) groups excluding carboxylic acids is 1. The first kappa shape index (κ1) is 23.3. The molecule has 0 bridgehead atoms. The van der Waals surface area contributed by atoms with Crippen molar-refractivity contribution in [2.45, 2.75) is 19.4 Å². The number of phenols is 1. The second-order valence-electron chi connectivity index (χ2n) is 9.27. The van der Waals surface area contributed by atoms with E-state index in [-0.39, 0.29) is 16.7 Å². The van der Waals surface area contributed by atoms with E-state index in [1.54, 1.807) is 6.20 Å². The summed E-state index contributed by atoms with van der Waals surface area (Å²) in [5.41, 5.74) is 5.18. The third kappa shape index (κ3) is 4.85. The minimum absolute atomic E-state index is 0.0328. The van der Waals surface area contributed by atoms with E-state index in [2.05, 4.69) is 27.3 Å². The Morgan fingerprint density at radius 1 is 1.11 bits per heavy atom. The number of nitrogens with one attached hydrogen (secondary N) is 1. The van der Waals surface area contributed by atoms with Gasteiger partial charge in [-0.1, -0.05) is 29.8 Å². The van der Waals surface area contributed by atoms with E-state index in [0.29, 0.717) is 27.9 Å². The number of nitrogens with zero attached hydrogens (tertiary/aromatic N) is 2. The number of aromatic nitrogens is 1. The number of ketones is 1. The van der Waals surface area contributed by atoms with Crippen molar-refractivity contribution in [2.24, 2.45) is 5.92 Å². The average molecular weight is 490 g/mol. The molecule has 1 fully saturated rings. The normalized spacial score (nSPS) is 13.4. The van der Waals surface area contributed by atoms with Gasteiger partial charge in [0.15, 0.2) is 17.3 Å². The van der Waals surface area contributed by atoms with Crippen molar-refractivity contribution in [1.82, 2.24) is 9.88 Å². The standard InChI is InChI=1S/C28H25ClFN3O2/c1-33(2)15-16-3-8-20(9-4-16)32-26-21-11-18(19-12-23(29)28(35)24(30)13-19)7-10-25(21)31-14-22(26)27(34)17-5-6-17/h3-4,7-14,17,35H,5-6,15H2,1-2H3,(H,31,32). The van der Waals surface area contributed by atoms with E-state index >= 15 is 0 Å². The van der Waals surface area contributed by atoms with Crippen LogP contribution in [0.15, 0.2) is 60.8 Å². The van der Waals surface area contributed by atoms with Gasteiger partial charge in [-0.05, 0) is 80.0 Å². The molecule has 5 rings (SSSR count). The maximum atomic E-state index is 14.2. The van der Waals surface area contributed by atoms with E-state index in [9.17, 15) is 14.3 Å². The lowest BCUT2D eigenvalue weighted by Crippen LogP contribution is -2.10. The zero-order valence-electron chi connectivity index (χ0n) is 19.5. The number of carbonyl (C=O) groups is 1. The molecule has 0 spiro atoms. The number of hydrogen-bond acceptors (Lipinski definition) is 5. The summed E-state index contributed by atoms with van der Waals surface area (Å²) in [6.45, 7) is 0.832. The molecular weight excluding hydrogens is 465 g/mol. The van der Waals surface area contributed by atoms with Crippen LogP contribution < -0.4 is 5.32 Å². The Morgan fingerprint density at radius 3 is 2.51 bits per heavy atom. The molecule has 0 aliphatic heterocycles. The fourth-order valence-corrected chi connectivity index (χ4v) is 4.40. The van der Waals surface area contributed by atoms with Gasteiger partial charge in [0.05, 0.1) is 21.8 Å². The molecule has 4 aromatic rings. The predicted octanol–water partition coefficient (Wildman–Crippen LogP) is 6.80. The molecule has 1 aliphatic rings. The van der Waals surface area contributed by atoms with E-state index in [0.717, 1.165) is 30.5 Å². The summed E-state index contributed by atoms with van der Waals surface area (Å²) >= 11 is 6.02. The predicted molar refractivity (Wildman–Crippen MR) is 138 cm³/mol. The smallest absolute Gasteiger partial charge is 0.170 e. The molecular formula is C28H25ClFN3O2. The number of hydrogen-bond donors (Lipinski definition) is 2. The van der Waals surface area contributed by atoms with Crippen molar-refractivity contribution in [3.8, 4) is 16.9 Å². The number of rotatable bonds is 7. The highest BCUT2D eigenvalue weighted by atomic mass is 35.5. The Hall–Kier alpha value is -3.48. The van der Waals surface area contributed by atoms with Crippen molar-refractivity contribution < 1.29 is 14.3 Å². The number of fused-ring (bicyclic) bond motifs is 1. The Balaban J connectivity index is 1.62. The monoisotopic (exact) mass is 489 g/mol. The van der Waals surface area contributed by atoms with Crippen LogP contribution in [0.2, 0.25) is 5.02 Å². The van der Waals surface area contributed by atoms with Crippen molar-refractivity contribution in [2.75, 3.05) is 19.4 Å². The van der Waals surface area contributed by atoms with Gasteiger partial charge in [0.1, 0.15) is 0 Å². The highest BCUT2D eigenvalue weighted by molar-refractivity contribution is 6.32.